The van der Waals surface area contributed by atoms with Crippen LogP contribution in [0.3, 0.4) is 0 Å². The lowest BCUT2D eigenvalue weighted by molar-refractivity contribution is -0.385. The quantitative estimate of drug-likeness (QED) is 0.553. The second kappa shape index (κ2) is 8.53. The van der Waals surface area contributed by atoms with Crippen molar-refractivity contribution in [2.24, 2.45) is 0 Å². The summed E-state index contributed by atoms with van der Waals surface area (Å²) >= 11 is 0. The molecule has 142 valence electrons. The average molecular weight is 369 g/mol. The van der Waals surface area contributed by atoms with E-state index in [9.17, 15) is 14.9 Å². The number of nitro benzene ring substituents is 1. The topological polar surface area (TPSA) is 75.9 Å². The number of ether oxygens (including phenoxy) is 1. The van der Waals surface area contributed by atoms with Gasteiger partial charge in [-0.25, -0.2) is 0 Å². The molecule has 27 heavy (non-hydrogen) atoms. The van der Waals surface area contributed by atoms with Gasteiger partial charge in [-0.15, -0.1) is 0 Å². The third kappa shape index (κ3) is 4.55. The summed E-state index contributed by atoms with van der Waals surface area (Å²) in [7, 11) is 1.71. The molecule has 1 amide bonds. The normalized spacial score (nSPS) is 13.4. The lowest BCUT2D eigenvalue weighted by Gasteiger charge is -2.24. The predicted octanol–water partition coefficient (Wildman–Crippen LogP) is 3.23. The first-order valence-corrected chi connectivity index (χ1v) is 8.99. The summed E-state index contributed by atoms with van der Waals surface area (Å²) in [5.41, 5.74) is 2.10. The molecule has 3 rings (SSSR count). The Balaban J connectivity index is 1.63. The largest absolute Gasteiger partial charge is 0.477 e. The molecule has 1 aliphatic rings. The van der Waals surface area contributed by atoms with E-state index in [2.05, 4.69) is 11.0 Å². The Labute approximate surface area is 158 Å². The Bertz CT molecular complexity index is 818. The van der Waals surface area contributed by atoms with Gasteiger partial charge in [0.15, 0.2) is 12.4 Å². The van der Waals surface area contributed by atoms with E-state index in [-0.39, 0.29) is 24.0 Å². The molecule has 1 aliphatic heterocycles. The van der Waals surface area contributed by atoms with Crippen molar-refractivity contribution in [3.05, 3.63) is 64.2 Å². The number of carbonyl (C=O) groups is 1. The average Bonchev–Trinajstić information content (AvgIpc) is 3.21. The van der Waals surface area contributed by atoms with Crippen molar-refractivity contribution in [1.29, 1.82) is 0 Å². The maximum absolute atomic E-state index is 12.5. The van der Waals surface area contributed by atoms with Gasteiger partial charge in [0.25, 0.3) is 5.91 Å². The fourth-order valence-corrected chi connectivity index (χ4v) is 3.23. The summed E-state index contributed by atoms with van der Waals surface area (Å²) in [6.45, 7) is 2.30. The van der Waals surface area contributed by atoms with Crippen LogP contribution in [0.25, 0.3) is 0 Å². The Kier molecular flexibility index (Phi) is 5.90. The molecule has 0 radical (unpaired) electrons. The summed E-state index contributed by atoms with van der Waals surface area (Å²) in [4.78, 5) is 26.9. The van der Waals surface area contributed by atoms with Crippen LogP contribution in [0, 0.1) is 10.1 Å². The second-order valence-corrected chi connectivity index (χ2v) is 6.59. The third-order valence-electron chi connectivity index (χ3n) is 4.68. The highest BCUT2D eigenvalue weighted by Gasteiger charge is 2.19. The van der Waals surface area contributed by atoms with Gasteiger partial charge in [-0.05, 0) is 30.5 Å². The molecule has 1 fully saturated rings. The first-order chi connectivity index (χ1) is 13.1. The lowest BCUT2D eigenvalue weighted by Crippen LogP contribution is -2.32. The molecule has 2 aromatic rings. The number of carbonyl (C=O) groups excluding carboxylic acids is 1. The Morgan fingerprint density at radius 3 is 2.56 bits per heavy atom. The van der Waals surface area contributed by atoms with Crippen molar-refractivity contribution in [2.75, 3.05) is 31.6 Å². The number of para-hydroxylation sites is 3. The molecular formula is C20H23N3O4. The smallest absolute Gasteiger partial charge is 0.310 e. The number of anilines is 1. The van der Waals surface area contributed by atoms with Crippen LogP contribution in [0.5, 0.6) is 5.75 Å². The van der Waals surface area contributed by atoms with Gasteiger partial charge in [-0.3, -0.25) is 14.9 Å². The standard InChI is InChI=1S/C20H23N3O4/c1-21(14-16-8-2-3-9-17(16)22-12-6-7-13-22)20(24)15-27-19-11-5-4-10-18(19)23(25)26/h2-5,8-11H,6-7,12-15H2,1H3. The maximum atomic E-state index is 12.5. The van der Waals surface area contributed by atoms with E-state index in [0.717, 1.165) is 24.3 Å². The molecule has 0 N–H and O–H groups in total. The van der Waals surface area contributed by atoms with E-state index >= 15 is 0 Å². The minimum Gasteiger partial charge on any atom is -0.477 e. The fourth-order valence-electron chi connectivity index (χ4n) is 3.23. The van der Waals surface area contributed by atoms with E-state index in [1.165, 1.54) is 25.0 Å². The van der Waals surface area contributed by atoms with Gasteiger partial charge in [0, 0.05) is 38.4 Å². The molecule has 1 heterocycles. The Morgan fingerprint density at radius 2 is 1.81 bits per heavy atom. The number of nitro groups is 1. The zero-order chi connectivity index (χ0) is 19.2. The highest BCUT2D eigenvalue weighted by molar-refractivity contribution is 5.78. The predicted molar refractivity (Wildman–Crippen MR) is 103 cm³/mol. The molecule has 7 nitrogen and oxygen atoms in total. The number of benzene rings is 2. The van der Waals surface area contributed by atoms with Crippen molar-refractivity contribution in [2.45, 2.75) is 19.4 Å². The van der Waals surface area contributed by atoms with Gasteiger partial charge < -0.3 is 14.5 Å². The highest BCUT2D eigenvalue weighted by atomic mass is 16.6. The van der Waals surface area contributed by atoms with Crippen LogP contribution in [0.4, 0.5) is 11.4 Å². The van der Waals surface area contributed by atoms with E-state index in [1.54, 1.807) is 24.1 Å². The molecule has 0 atom stereocenters. The van der Waals surface area contributed by atoms with Crippen LogP contribution < -0.4 is 9.64 Å². The van der Waals surface area contributed by atoms with Crippen molar-refractivity contribution >= 4 is 17.3 Å². The van der Waals surface area contributed by atoms with Gasteiger partial charge >= 0.3 is 5.69 Å². The fraction of sp³-hybridized carbons (Fsp3) is 0.350. The SMILES string of the molecule is CN(Cc1ccccc1N1CCCC1)C(=O)COc1ccccc1[N+](=O)[O-]. The van der Waals surface area contributed by atoms with Crippen LogP contribution in [-0.2, 0) is 11.3 Å². The molecule has 1 saturated heterocycles. The van der Waals surface area contributed by atoms with E-state index < -0.39 is 4.92 Å². The monoisotopic (exact) mass is 369 g/mol. The number of rotatable bonds is 7. The van der Waals surface area contributed by atoms with Crippen molar-refractivity contribution in [3.8, 4) is 5.75 Å². The molecule has 0 saturated carbocycles. The first kappa shape index (κ1) is 18.7. The molecular weight excluding hydrogens is 346 g/mol. The summed E-state index contributed by atoms with van der Waals surface area (Å²) in [5, 5.41) is 11.0. The van der Waals surface area contributed by atoms with Gasteiger partial charge in [0.05, 0.1) is 4.92 Å². The number of hydrogen-bond acceptors (Lipinski definition) is 5. The summed E-state index contributed by atoms with van der Waals surface area (Å²) in [6, 6.07) is 14.2. The van der Waals surface area contributed by atoms with Crippen molar-refractivity contribution < 1.29 is 14.5 Å². The van der Waals surface area contributed by atoms with Gasteiger partial charge in [0.1, 0.15) is 0 Å². The molecule has 0 aromatic heterocycles. The molecule has 0 spiro atoms. The van der Waals surface area contributed by atoms with E-state index in [1.807, 2.05) is 18.2 Å². The Morgan fingerprint density at radius 1 is 1.15 bits per heavy atom. The zero-order valence-corrected chi connectivity index (χ0v) is 15.3. The van der Waals surface area contributed by atoms with Gasteiger partial charge in [-0.2, -0.15) is 0 Å². The highest BCUT2D eigenvalue weighted by Crippen LogP contribution is 2.27. The molecule has 7 heteroatoms. The van der Waals surface area contributed by atoms with Gasteiger partial charge in [0.2, 0.25) is 0 Å². The number of amides is 1. The number of hydrogen-bond donors (Lipinski definition) is 0. The Hall–Kier alpha value is -3.09. The van der Waals surface area contributed by atoms with Crippen LogP contribution in [0.2, 0.25) is 0 Å². The second-order valence-electron chi connectivity index (χ2n) is 6.59. The molecule has 0 bridgehead atoms. The van der Waals surface area contributed by atoms with E-state index in [0.29, 0.717) is 6.54 Å². The first-order valence-electron chi connectivity index (χ1n) is 8.99. The lowest BCUT2D eigenvalue weighted by atomic mass is 10.1. The van der Waals surface area contributed by atoms with Gasteiger partial charge in [-0.1, -0.05) is 30.3 Å². The minimum absolute atomic E-state index is 0.0988. The summed E-state index contributed by atoms with van der Waals surface area (Å²) in [5.74, 6) is -0.133. The van der Waals surface area contributed by atoms with Crippen LogP contribution in [0.15, 0.2) is 48.5 Å². The van der Waals surface area contributed by atoms with Crippen LogP contribution in [0.1, 0.15) is 18.4 Å². The van der Waals surface area contributed by atoms with Crippen molar-refractivity contribution in [3.63, 3.8) is 0 Å². The molecule has 2 aromatic carbocycles. The van der Waals surface area contributed by atoms with Crippen LogP contribution >= 0.6 is 0 Å². The van der Waals surface area contributed by atoms with E-state index in [4.69, 9.17) is 4.74 Å². The van der Waals surface area contributed by atoms with Crippen molar-refractivity contribution in [1.82, 2.24) is 4.90 Å². The minimum atomic E-state index is -0.518. The summed E-state index contributed by atoms with van der Waals surface area (Å²) < 4.78 is 5.41. The zero-order valence-electron chi connectivity index (χ0n) is 15.3. The summed E-state index contributed by atoms with van der Waals surface area (Å²) in [6.07, 6.45) is 2.37. The molecule has 0 unspecified atom stereocenters. The number of nitrogens with zero attached hydrogens (tertiary/aromatic N) is 3. The maximum Gasteiger partial charge on any atom is 0.310 e. The van der Waals surface area contributed by atoms with Crippen LogP contribution in [-0.4, -0.2) is 42.5 Å². The number of likely N-dealkylation sites (N-methyl/N-ethyl adjacent to an activating group) is 1. The molecule has 0 aliphatic carbocycles. The third-order valence-corrected chi connectivity index (χ3v) is 4.68.